The minimum atomic E-state index is -0.128. The minimum Gasteiger partial charge on any atom is -0.463 e. The van der Waals surface area contributed by atoms with Gasteiger partial charge >= 0.3 is 5.97 Å². The molecule has 0 radical (unpaired) electrons. The molecule has 1 aliphatic carbocycles. The van der Waals surface area contributed by atoms with E-state index in [1.807, 2.05) is 13.8 Å². The Hall–Kier alpha value is -1.08. The molecule has 4 nitrogen and oxygen atoms in total. The van der Waals surface area contributed by atoms with Crippen LogP contribution in [0.3, 0.4) is 0 Å². The van der Waals surface area contributed by atoms with Crippen LogP contribution in [0.4, 0.5) is 0 Å². The molecular formula is C20H35NO3. The van der Waals surface area contributed by atoms with E-state index in [1.54, 1.807) is 7.11 Å². The van der Waals surface area contributed by atoms with E-state index in [1.165, 1.54) is 0 Å². The van der Waals surface area contributed by atoms with Crippen molar-refractivity contribution in [3.05, 3.63) is 0 Å². The highest BCUT2D eigenvalue weighted by atomic mass is 16.5. The van der Waals surface area contributed by atoms with Gasteiger partial charge in [-0.3, -0.25) is 4.79 Å². The maximum atomic E-state index is 12.1. The molecule has 0 aliphatic heterocycles. The van der Waals surface area contributed by atoms with Crippen molar-refractivity contribution in [2.75, 3.05) is 7.11 Å². The highest BCUT2D eigenvalue weighted by Crippen LogP contribution is 2.53. The van der Waals surface area contributed by atoms with Crippen LogP contribution in [0.1, 0.15) is 67.2 Å². The fourth-order valence-corrected chi connectivity index (χ4v) is 3.62. The Morgan fingerprint density at radius 2 is 1.92 bits per heavy atom. The molecule has 0 aromatic rings. The number of nitrogens with zero attached hydrogens (tertiary/aromatic N) is 1. The lowest BCUT2D eigenvalue weighted by Gasteiger charge is -2.24. The number of carbonyl (C=O) groups is 1. The van der Waals surface area contributed by atoms with Crippen molar-refractivity contribution in [1.29, 1.82) is 5.26 Å². The number of ether oxygens (including phenoxy) is 2. The number of esters is 1. The van der Waals surface area contributed by atoms with E-state index in [9.17, 15) is 10.1 Å². The van der Waals surface area contributed by atoms with Gasteiger partial charge in [-0.15, -0.1) is 0 Å². The van der Waals surface area contributed by atoms with E-state index in [0.29, 0.717) is 5.92 Å². The standard InChI is InChI=1S/C20H35NO3/c1-13(2)24-19(22)18-15(4)17(18)16(12-21)11-14(3)9-8-10-20(5,6)23-7/h13-18H,8-11H2,1-7H3. The first-order valence-electron chi connectivity index (χ1n) is 9.28. The average molecular weight is 338 g/mol. The molecule has 0 heterocycles. The van der Waals surface area contributed by atoms with Crippen LogP contribution in [0.25, 0.3) is 0 Å². The fraction of sp³-hybridized carbons (Fsp3) is 0.900. The summed E-state index contributed by atoms with van der Waals surface area (Å²) in [4.78, 5) is 12.1. The Kier molecular flexibility index (Phi) is 7.73. The van der Waals surface area contributed by atoms with Gasteiger partial charge in [0, 0.05) is 7.11 Å². The number of hydrogen-bond donors (Lipinski definition) is 0. The van der Waals surface area contributed by atoms with Gasteiger partial charge in [0.2, 0.25) is 0 Å². The number of rotatable bonds is 10. The molecule has 0 amide bonds. The smallest absolute Gasteiger partial charge is 0.309 e. The highest BCUT2D eigenvalue weighted by Gasteiger charge is 2.56. The molecule has 1 rings (SSSR count). The van der Waals surface area contributed by atoms with Crippen LogP contribution in [0, 0.1) is 40.9 Å². The molecule has 0 N–H and O–H groups in total. The molecule has 1 saturated carbocycles. The van der Waals surface area contributed by atoms with Gasteiger partial charge in [-0.25, -0.2) is 0 Å². The molecule has 0 bridgehead atoms. The zero-order chi connectivity index (χ0) is 18.5. The number of carbonyl (C=O) groups excluding carboxylic acids is 1. The van der Waals surface area contributed by atoms with Crippen LogP contribution in [-0.4, -0.2) is 24.8 Å². The predicted octanol–water partition coefficient (Wildman–Crippen LogP) is 4.58. The van der Waals surface area contributed by atoms with Crippen molar-refractivity contribution in [3.63, 3.8) is 0 Å². The second kappa shape index (κ2) is 8.85. The van der Waals surface area contributed by atoms with E-state index >= 15 is 0 Å². The Balaban J connectivity index is 2.45. The second-order valence-corrected chi connectivity index (χ2v) is 8.38. The van der Waals surface area contributed by atoms with E-state index in [0.717, 1.165) is 25.7 Å². The van der Waals surface area contributed by atoms with Crippen molar-refractivity contribution < 1.29 is 14.3 Å². The molecular weight excluding hydrogens is 302 g/mol. The molecule has 5 atom stereocenters. The van der Waals surface area contributed by atoms with E-state index < -0.39 is 0 Å². The topological polar surface area (TPSA) is 59.3 Å². The molecule has 1 aliphatic rings. The second-order valence-electron chi connectivity index (χ2n) is 8.38. The first-order valence-corrected chi connectivity index (χ1v) is 9.28. The van der Waals surface area contributed by atoms with Crippen molar-refractivity contribution in [3.8, 4) is 6.07 Å². The van der Waals surface area contributed by atoms with Crippen LogP contribution >= 0.6 is 0 Å². The number of hydrogen-bond acceptors (Lipinski definition) is 4. The quantitative estimate of drug-likeness (QED) is 0.547. The Bertz CT molecular complexity index is 452. The van der Waals surface area contributed by atoms with Gasteiger partial charge in [0.1, 0.15) is 0 Å². The van der Waals surface area contributed by atoms with Crippen LogP contribution in [0.2, 0.25) is 0 Å². The molecule has 0 aromatic heterocycles. The maximum absolute atomic E-state index is 12.1. The minimum absolute atomic E-state index is 0.0462. The SMILES string of the molecule is COC(C)(C)CCCC(C)CC(C#N)C1C(C)C1C(=O)OC(C)C. The maximum Gasteiger partial charge on any atom is 0.309 e. The van der Waals surface area contributed by atoms with E-state index in [-0.39, 0.29) is 41.3 Å². The zero-order valence-electron chi connectivity index (χ0n) is 16.5. The molecule has 4 heteroatoms. The third kappa shape index (κ3) is 6.09. The first kappa shape index (κ1) is 21.0. The summed E-state index contributed by atoms with van der Waals surface area (Å²) in [6.07, 6.45) is 3.99. The van der Waals surface area contributed by atoms with Crippen LogP contribution in [0.15, 0.2) is 0 Å². The Morgan fingerprint density at radius 1 is 1.29 bits per heavy atom. The van der Waals surface area contributed by atoms with Gasteiger partial charge in [-0.2, -0.15) is 5.26 Å². The third-order valence-electron chi connectivity index (χ3n) is 5.39. The van der Waals surface area contributed by atoms with E-state index in [2.05, 4.69) is 33.8 Å². The fourth-order valence-electron chi connectivity index (χ4n) is 3.62. The van der Waals surface area contributed by atoms with Gasteiger partial charge in [0.05, 0.1) is 29.6 Å². The Labute approximate surface area is 147 Å². The summed E-state index contributed by atoms with van der Waals surface area (Å²) < 4.78 is 10.8. The lowest BCUT2D eigenvalue weighted by Crippen LogP contribution is -2.22. The number of nitriles is 1. The highest BCUT2D eigenvalue weighted by molar-refractivity contribution is 5.76. The lowest BCUT2D eigenvalue weighted by molar-refractivity contribution is -0.149. The van der Waals surface area contributed by atoms with Crippen LogP contribution in [-0.2, 0) is 14.3 Å². The molecule has 24 heavy (non-hydrogen) atoms. The summed E-state index contributed by atoms with van der Waals surface area (Å²) in [6, 6.07) is 2.45. The van der Waals surface area contributed by atoms with Crippen molar-refractivity contribution in [1.82, 2.24) is 0 Å². The van der Waals surface area contributed by atoms with E-state index in [4.69, 9.17) is 9.47 Å². The number of methoxy groups -OCH3 is 1. The molecule has 138 valence electrons. The predicted molar refractivity (Wildman–Crippen MR) is 95.2 cm³/mol. The Morgan fingerprint density at radius 3 is 2.42 bits per heavy atom. The van der Waals surface area contributed by atoms with Gasteiger partial charge < -0.3 is 9.47 Å². The van der Waals surface area contributed by atoms with Crippen molar-refractivity contribution in [2.24, 2.45) is 29.6 Å². The lowest BCUT2D eigenvalue weighted by atomic mass is 9.87. The summed E-state index contributed by atoms with van der Waals surface area (Å²) in [6.45, 7) is 12.2. The van der Waals surface area contributed by atoms with Crippen molar-refractivity contribution >= 4 is 5.97 Å². The monoisotopic (exact) mass is 337 g/mol. The van der Waals surface area contributed by atoms with Crippen molar-refractivity contribution in [2.45, 2.75) is 78.9 Å². The summed E-state index contributed by atoms with van der Waals surface area (Å²) in [5.74, 6) is 0.653. The summed E-state index contributed by atoms with van der Waals surface area (Å²) in [5, 5.41) is 9.56. The normalized spacial score (nSPS) is 25.9. The third-order valence-corrected chi connectivity index (χ3v) is 5.39. The molecule has 0 aromatic carbocycles. The molecule has 1 fully saturated rings. The molecule has 5 unspecified atom stereocenters. The summed E-state index contributed by atoms with van der Waals surface area (Å²) in [5.41, 5.74) is -0.0783. The largest absolute Gasteiger partial charge is 0.463 e. The summed E-state index contributed by atoms with van der Waals surface area (Å²) in [7, 11) is 1.75. The van der Waals surface area contributed by atoms with Gasteiger partial charge in [0.15, 0.2) is 0 Å². The van der Waals surface area contributed by atoms with Gasteiger partial charge in [-0.05, 0) is 58.3 Å². The van der Waals surface area contributed by atoms with Gasteiger partial charge in [-0.1, -0.05) is 26.7 Å². The first-order chi connectivity index (χ1) is 11.1. The van der Waals surface area contributed by atoms with Crippen LogP contribution < -0.4 is 0 Å². The average Bonchev–Trinajstić information content (AvgIpc) is 3.15. The van der Waals surface area contributed by atoms with Crippen LogP contribution in [0.5, 0.6) is 0 Å². The van der Waals surface area contributed by atoms with Gasteiger partial charge in [0.25, 0.3) is 0 Å². The molecule has 0 spiro atoms. The zero-order valence-corrected chi connectivity index (χ0v) is 16.5. The summed E-state index contributed by atoms with van der Waals surface area (Å²) >= 11 is 0. The molecule has 0 saturated heterocycles.